The number of rotatable bonds is 6. The van der Waals surface area contributed by atoms with Crippen LogP contribution >= 0.6 is 12.4 Å². The molecule has 0 atom stereocenters. The second-order valence-electron chi connectivity index (χ2n) is 6.52. The molecule has 0 saturated carbocycles. The van der Waals surface area contributed by atoms with Crippen molar-refractivity contribution in [3.05, 3.63) is 35.6 Å². The van der Waals surface area contributed by atoms with Crippen LogP contribution in [0.25, 0.3) is 0 Å². The highest BCUT2D eigenvalue weighted by Gasteiger charge is 2.20. The summed E-state index contributed by atoms with van der Waals surface area (Å²) < 4.78 is 12.8. The fourth-order valence-electron chi connectivity index (χ4n) is 2.83. The molecule has 2 rings (SSSR count). The molecule has 0 aromatic heterocycles. The van der Waals surface area contributed by atoms with Crippen molar-refractivity contribution in [3.63, 3.8) is 0 Å². The Labute approximate surface area is 150 Å². The minimum absolute atomic E-state index is 0. The molecule has 0 spiro atoms. The standard InChI is InChI=1S/C18H28FN3O.ClH/c1-15(2)20-18(23)22-13-11-21(12-14-22)10-4-3-5-16-6-8-17(19)9-7-16;/h6-9,15H,3-5,10-14H2,1-2H3,(H,20,23);1H. The Hall–Kier alpha value is -1.33. The van der Waals surface area contributed by atoms with Gasteiger partial charge >= 0.3 is 6.03 Å². The highest BCUT2D eigenvalue weighted by molar-refractivity contribution is 5.85. The molecule has 24 heavy (non-hydrogen) atoms. The zero-order valence-electron chi connectivity index (χ0n) is 14.6. The summed E-state index contributed by atoms with van der Waals surface area (Å²) in [6, 6.07) is 7.01. The molecule has 1 aliphatic heterocycles. The van der Waals surface area contributed by atoms with E-state index < -0.39 is 0 Å². The van der Waals surface area contributed by atoms with E-state index in [9.17, 15) is 9.18 Å². The molecule has 1 aromatic rings. The van der Waals surface area contributed by atoms with E-state index in [1.54, 1.807) is 0 Å². The van der Waals surface area contributed by atoms with E-state index in [-0.39, 0.29) is 30.3 Å². The summed E-state index contributed by atoms with van der Waals surface area (Å²) in [7, 11) is 0. The molecule has 1 N–H and O–H groups in total. The topological polar surface area (TPSA) is 35.6 Å². The number of amides is 2. The molecule has 1 saturated heterocycles. The first-order valence-corrected chi connectivity index (χ1v) is 8.57. The summed E-state index contributed by atoms with van der Waals surface area (Å²) in [5.74, 6) is -0.173. The number of hydrogen-bond donors (Lipinski definition) is 1. The lowest BCUT2D eigenvalue weighted by atomic mass is 10.1. The molecule has 136 valence electrons. The Bertz CT molecular complexity index is 488. The fraction of sp³-hybridized carbons (Fsp3) is 0.611. The Morgan fingerprint density at radius 3 is 2.33 bits per heavy atom. The molecule has 1 heterocycles. The zero-order valence-corrected chi connectivity index (χ0v) is 15.4. The van der Waals surface area contributed by atoms with E-state index in [1.807, 2.05) is 30.9 Å². The number of urea groups is 1. The quantitative estimate of drug-likeness (QED) is 0.793. The SMILES string of the molecule is CC(C)NC(=O)N1CCN(CCCCc2ccc(F)cc2)CC1.Cl. The van der Waals surface area contributed by atoms with Crippen LogP contribution in [0.15, 0.2) is 24.3 Å². The highest BCUT2D eigenvalue weighted by atomic mass is 35.5. The van der Waals surface area contributed by atoms with Crippen molar-refractivity contribution in [2.75, 3.05) is 32.7 Å². The average Bonchev–Trinajstić information content (AvgIpc) is 2.53. The molecule has 2 amide bonds. The maximum absolute atomic E-state index is 12.8. The minimum atomic E-state index is -0.173. The van der Waals surface area contributed by atoms with Crippen LogP contribution in [0.1, 0.15) is 32.3 Å². The van der Waals surface area contributed by atoms with E-state index >= 15 is 0 Å². The second kappa shape index (κ2) is 10.5. The molecule has 0 aliphatic carbocycles. The van der Waals surface area contributed by atoms with E-state index in [1.165, 1.54) is 17.7 Å². The van der Waals surface area contributed by atoms with Gasteiger partial charge in [0.2, 0.25) is 0 Å². The first kappa shape index (κ1) is 20.7. The van der Waals surface area contributed by atoms with Crippen LogP contribution in [0.2, 0.25) is 0 Å². The first-order chi connectivity index (χ1) is 11.0. The Morgan fingerprint density at radius 2 is 1.75 bits per heavy atom. The molecular weight excluding hydrogens is 329 g/mol. The number of aryl methyl sites for hydroxylation is 1. The Balaban J connectivity index is 0.00000288. The van der Waals surface area contributed by atoms with Gasteiger partial charge in [-0.1, -0.05) is 12.1 Å². The van der Waals surface area contributed by atoms with Crippen molar-refractivity contribution in [1.29, 1.82) is 0 Å². The maximum atomic E-state index is 12.8. The lowest BCUT2D eigenvalue weighted by molar-refractivity contribution is 0.137. The number of nitrogens with one attached hydrogen (secondary N) is 1. The zero-order chi connectivity index (χ0) is 16.7. The summed E-state index contributed by atoms with van der Waals surface area (Å²) in [5.41, 5.74) is 1.20. The van der Waals surface area contributed by atoms with Gasteiger partial charge in [0.1, 0.15) is 5.82 Å². The van der Waals surface area contributed by atoms with E-state index in [4.69, 9.17) is 0 Å². The van der Waals surface area contributed by atoms with E-state index in [2.05, 4.69) is 10.2 Å². The van der Waals surface area contributed by atoms with Crippen LogP contribution < -0.4 is 5.32 Å². The third-order valence-corrected chi connectivity index (χ3v) is 4.17. The van der Waals surface area contributed by atoms with Crippen LogP contribution in [0.5, 0.6) is 0 Å². The predicted octanol–water partition coefficient (Wildman–Crippen LogP) is 3.31. The van der Waals surface area contributed by atoms with Gasteiger partial charge in [0.15, 0.2) is 0 Å². The number of unbranched alkanes of at least 4 members (excludes halogenated alkanes) is 1. The molecule has 0 unspecified atom stereocenters. The molecule has 1 fully saturated rings. The third kappa shape index (κ3) is 7.05. The number of carbonyl (C=O) groups excluding carboxylic acids is 1. The monoisotopic (exact) mass is 357 g/mol. The molecule has 1 aromatic carbocycles. The number of carbonyl (C=O) groups is 1. The fourth-order valence-corrected chi connectivity index (χ4v) is 2.83. The molecule has 1 aliphatic rings. The number of nitrogens with zero attached hydrogens (tertiary/aromatic N) is 2. The number of benzene rings is 1. The van der Waals surface area contributed by atoms with Gasteiger partial charge in [-0.2, -0.15) is 0 Å². The van der Waals surface area contributed by atoms with Crippen molar-refractivity contribution in [2.45, 2.75) is 39.2 Å². The second-order valence-corrected chi connectivity index (χ2v) is 6.52. The first-order valence-electron chi connectivity index (χ1n) is 8.57. The number of piperazine rings is 1. The van der Waals surface area contributed by atoms with Gasteiger partial charge in [-0.3, -0.25) is 4.90 Å². The van der Waals surface area contributed by atoms with Crippen molar-refractivity contribution in [3.8, 4) is 0 Å². The lowest BCUT2D eigenvalue weighted by Gasteiger charge is -2.35. The molecule has 4 nitrogen and oxygen atoms in total. The smallest absolute Gasteiger partial charge is 0.317 e. The van der Waals surface area contributed by atoms with Gasteiger partial charge in [-0.25, -0.2) is 9.18 Å². The number of halogens is 2. The van der Waals surface area contributed by atoms with Crippen LogP contribution in [-0.2, 0) is 6.42 Å². The summed E-state index contributed by atoms with van der Waals surface area (Å²) in [6.07, 6.45) is 3.24. The molecule has 0 radical (unpaired) electrons. The number of hydrogen-bond acceptors (Lipinski definition) is 2. The molecule has 6 heteroatoms. The van der Waals surface area contributed by atoms with Crippen molar-refractivity contribution in [2.24, 2.45) is 0 Å². The third-order valence-electron chi connectivity index (χ3n) is 4.17. The van der Waals surface area contributed by atoms with Crippen LogP contribution in [-0.4, -0.2) is 54.6 Å². The Morgan fingerprint density at radius 1 is 1.12 bits per heavy atom. The van der Waals surface area contributed by atoms with Gasteiger partial charge in [-0.15, -0.1) is 12.4 Å². The van der Waals surface area contributed by atoms with Crippen molar-refractivity contribution < 1.29 is 9.18 Å². The maximum Gasteiger partial charge on any atom is 0.317 e. The van der Waals surface area contributed by atoms with Crippen molar-refractivity contribution in [1.82, 2.24) is 15.1 Å². The highest BCUT2D eigenvalue weighted by Crippen LogP contribution is 2.09. The lowest BCUT2D eigenvalue weighted by Crippen LogP contribution is -2.52. The van der Waals surface area contributed by atoms with Gasteiger partial charge in [0, 0.05) is 32.2 Å². The van der Waals surface area contributed by atoms with E-state index in [0.29, 0.717) is 0 Å². The summed E-state index contributed by atoms with van der Waals surface area (Å²) in [4.78, 5) is 16.2. The van der Waals surface area contributed by atoms with Gasteiger partial charge in [0.25, 0.3) is 0 Å². The normalized spacial score (nSPS) is 15.2. The summed E-state index contributed by atoms with van der Waals surface area (Å²) >= 11 is 0. The minimum Gasteiger partial charge on any atom is -0.336 e. The summed E-state index contributed by atoms with van der Waals surface area (Å²) in [5, 5.41) is 2.94. The van der Waals surface area contributed by atoms with Crippen LogP contribution in [0, 0.1) is 5.82 Å². The summed E-state index contributed by atoms with van der Waals surface area (Å²) in [6.45, 7) is 8.53. The molecular formula is C18H29ClFN3O. The van der Waals surface area contributed by atoms with Gasteiger partial charge in [0.05, 0.1) is 0 Å². The van der Waals surface area contributed by atoms with E-state index in [0.717, 1.165) is 52.0 Å². The average molecular weight is 358 g/mol. The van der Waals surface area contributed by atoms with Crippen molar-refractivity contribution >= 4 is 18.4 Å². The van der Waals surface area contributed by atoms with Crippen LogP contribution in [0.3, 0.4) is 0 Å². The van der Waals surface area contributed by atoms with Gasteiger partial charge < -0.3 is 10.2 Å². The largest absolute Gasteiger partial charge is 0.336 e. The molecule has 0 bridgehead atoms. The predicted molar refractivity (Wildman–Crippen MR) is 98.3 cm³/mol. The van der Waals surface area contributed by atoms with Gasteiger partial charge in [-0.05, 0) is 57.4 Å². The van der Waals surface area contributed by atoms with Crippen LogP contribution in [0.4, 0.5) is 9.18 Å². The Kier molecular flexibility index (Phi) is 9.08.